The number of nitrogens with one attached hydrogen (secondary N) is 1. The Morgan fingerprint density at radius 1 is 1.26 bits per heavy atom. The minimum absolute atomic E-state index is 0.0369. The van der Waals surface area contributed by atoms with Gasteiger partial charge >= 0.3 is 0 Å². The molecule has 1 aromatic carbocycles. The van der Waals surface area contributed by atoms with Crippen molar-refractivity contribution in [2.24, 2.45) is 0 Å². The lowest BCUT2D eigenvalue weighted by Gasteiger charge is -2.08. The van der Waals surface area contributed by atoms with Crippen molar-refractivity contribution in [1.29, 1.82) is 0 Å². The van der Waals surface area contributed by atoms with E-state index in [1.807, 2.05) is 17.5 Å². The van der Waals surface area contributed by atoms with E-state index in [4.69, 9.17) is 0 Å². The average Bonchev–Trinajstić information content (AvgIpc) is 3.19. The standard InChI is InChI=1S/C19H19FN4OS2/c20-14-5-3-13(4-6-14)9-10-21-17(25)12-27-19-23-22-18(16-2-1-11-26-16)24(19)15-7-8-15/h1-6,11,15H,7-10,12H2,(H,21,25). The minimum atomic E-state index is -0.249. The van der Waals surface area contributed by atoms with E-state index < -0.39 is 0 Å². The number of thioether (sulfide) groups is 1. The van der Waals surface area contributed by atoms with Crippen molar-refractivity contribution in [2.75, 3.05) is 12.3 Å². The van der Waals surface area contributed by atoms with Crippen LogP contribution in [0.1, 0.15) is 24.4 Å². The molecular weight excluding hydrogens is 383 g/mol. The van der Waals surface area contributed by atoms with Crippen LogP contribution in [0.15, 0.2) is 46.9 Å². The Hall–Kier alpha value is -2.19. The van der Waals surface area contributed by atoms with Gasteiger partial charge in [0, 0.05) is 12.6 Å². The second kappa shape index (κ2) is 8.22. The van der Waals surface area contributed by atoms with Gasteiger partial charge in [-0.3, -0.25) is 9.36 Å². The van der Waals surface area contributed by atoms with Gasteiger partial charge in [0.05, 0.1) is 10.6 Å². The molecule has 1 aliphatic rings. The van der Waals surface area contributed by atoms with Gasteiger partial charge in [0.2, 0.25) is 5.91 Å². The number of thiophene rings is 1. The predicted molar refractivity (Wildman–Crippen MR) is 105 cm³/mol. The molecule has 140 valence electrons. The Kier molecular flexibility index (Phi) is 5.54. The van der Waals surface area contributed by atoms with Gasteiger partial charge in [-0.05, 0) is 48.4 Å². The first-order valence-corrected chi connectivity index (χ1v) is 10.7. The van der Waals surface area contributed by atoms with Crippen LogP contribution >= 0.6 is 23.1 Å². The van der Waals surface area contributed by atoms with Crippen LogP contribution in [0.4, 0.5) is 4.39 Å². The molecule has 3 aromatic rings. The molecule has 0 saturated heterocycles. The van der Waals surface area contributed by atoms with Gasteiger partial charge in [-0.2, -0.15) is 0 Å². The van der Waals surface area contributed by atoms with Crippen molar-refractivity contribution < 1.29 is 9.18 Å². The molecule has 1 N–H and O–H groups in total. The molecule has 0 radical (unpaired) electrons. The second-order valence-electron chi connectivity index (χ2n) is 6.40. The largest absolute Gasteiger partial charge is 0.355 e. The first-order chi connectivity index (χ1) is 13.2. The molecule has 0 bridgehead atoms. The number of hydrogen-bond acceptors (Lipinski definition) is 5. The summed E-state index contributed by atoms with van der Waals surface area (Å²) in [6, 6.07) is 10.8. The number of rotatable bonds is 8. The number of benzene rings is 1. The van der Waals surface area contributed by atoms with E-state index in [9.17, 15) is 9.18 Å². The second-order valence-corrected chi connectivity index (χ2v) is 8.29. The third kappa shape index (κ3) is 4.56. The molecule has 2 aromatic heterocycles. The van der Waals surface area contributed by atoms with E-state index >= 15 is 0 Å². The van der Waals surface area contributed by atoms with Gasteiger partial charge in [-0.25, -0.2) is 4.39 Å². The van der Waals surface area contributed by atoms with Crippen LogP contribution in [-0.4, -0.2) is 33.0 Å². The number of carbonyl (C=O) groups is 1. The fourth-order valence-electron chi connectivity index (χ4n) is 2.79. The molecule has 27 heavy (non-hydrogen) atoms. The lowest BCUT2D eigenvalue weighted by Crippen LogP contribution is -2.27. The molecule has 1 amide bonds. The highest BCUT2D eigenvalue weighted by atomic mass is 32.2. The number of halogens is 1. The van der Waals surface area contributed by atoms with Crippen LogP contribution < -0.4 is 5.32 Å². The summed E-state index contributed by atoms with van der Waals surface area (Å²) in [7, 11) is 0. The zero-order valence-electron chi connectivity index (χ0n) is 14.6. The Bertz CT molecular complexity index is 904. The molecule has 0 aliphatic heterocycles. The van der Waals surface area contributed by atoms with Crippen LogP contribution in [0.25, 0.3) is 10.7 Å². The zero-order chi connectivity index (χ0) is 18.6. The number of hydrogen-bond donors (Lipinski definition) is 1. The number of carbonyl (C=O) groups excluding carboxylic acids is 1. The normalized spacial score (nSPS) is 13.7. The molecule has 1 fully saturated rings. The van der Waals surface area contributed by atoms with E-state index in [1.54, 1.807) is 23.5 Å². The van der Waals surface area contributed by atoms with Gasteiger partial charge in [0.15, 0.2) is 11.0 Å². The summed E-state index contributed by atoms with van der Waals surface area (Å²) in [4.78, 5) is 13.2. The lowest BCUT2D eigenvalue weighted by molar-refractivity contribution is -0.118. The molecule has 2 heterocycles. The molecule has 1 aliphatic carbocycles. The molecule has 0 unspecified atom stereocenters. The SMILES string of the molecule is O=C(CSc1nnc(-c2cccs2)n1C1CC1)NCCc1ccc(F)cc1. The zero-order valence-corrected chi connectivity index (χ0v) is 16.2. The fraction of sp³-hybridized carbons (Fsp3) is 0.316. The monoisotopic (exact) mass is 402 g/mol. The highest BCUT2D eigenvalue weighted by molar-refractivity contribution is 7.99. The minimum Gasteiger partial charge on any atom is -0.355 e. The summed E-state index contributed by atoms with van der Waals surface area (Å²) in [5, 5.41) is 14.4. The molecule has 4 rings (SSSR count). The lowest BCUT2D eigenvalue weighted by atomic mass is 10.1. The van der Waals surface area contributed by atoms with Crippen LogP contribution in [0.3, 0.4) is 0 Å². The smallest absolute Gasteiger partial charge is 0.230 e. The maximum absolute atomic E-state index is 12.9. The quantitative estimate of drug-likeness (QED) is 0.580. The van der Waals surface area contributed by atoms with Gasteiger partial charge < -0.3 is 5.32 Å². The third-order valence-electron chi connectivity index (χ3n) is 4.30. The summed E-state index contributed by atoms with van der Waals surface area (Å²) in [6.45, 7) is 0.529. The van der Waals surface area contributed by atoms with Gasteiger partial charge in [-0.1, -0.05) is 30.0 Å². The van der Waals surface area contributed by atoms with Crippen molar-refractivity contribution >= 4 is 29.0 Å². The maximum Gasteiger partial charge on any atom is 0.230 e. The summed E-state index contributed by atoms with van der Waals surface area (Å²) < 4.78 is 15.1. The Balaban J connectivity index is 1.31. The van der Waals surface area contributed by atoms with E-state index in [-0.39, 0.29) is 11.7 Å². The van der Waals surface area contributed by atoms with Crippen LogP contribution in [0.5, 0.6) is 0 Å². The molecule has 0 atom stereocenters. The summed E-state index contributed by atoms with van der Waals surface area (Å²) in [5.74, 6) is 0.913. The first-order valence-electron chi connectivity index (χ1n) is 8.83. The Morgan fingerprint density at radius 2 is 2.07 bits per heavy atom. The number of aromatic nitrogens is 3. The van der Waals surface area contributed by atoms with Gasteiger partial charge in [0.25, 0.3) is 0 Å². The van der Waals surface area contributed by atoms with Gasteiger partial charge in [0.1, 0.15) is 5.82 Å². The maximum atomic E-state index is 12.9. The topological polar surface area (TPSA) is 59.8 Å². The highest BCUT2D eigenvalue weighted by Crippen LogP contribution is 2.41. The molecule has 5 nitrogen and oxygen atoms in total. The van der Waals surface area contributed by atoms with Crippen molar-refractivity contribution in [2.45, 2.75) is 30.5 Å². The first kappa shape index (κ1) is 18.2. The summed E-state index contributed by atoms with van der Waals surface area (Å²) in [6.07, 6.45) is 2.94. The predicted octanol–water partition coefficient (Wildman–Crippen LogP) is 3.93. The van der Waals surface area contributed by atoms with Crippen LogP contribution in [0.2, 0.25) is 0 Å². The molecule has 1 saturated carbocycles. The van der Waals surface area contributed by atoms with Crippen LogP contribution in [0, 0.1) is 5.82 Å². The Morgan fingerprint density at radius 3 is 2.78 bits per heavy atom. The number of amides is 1. The molecule has 8 heteroatoms. The van der Waals surface area contributed by atoms with E-state index in [0.717, 1.165) is 34.3 Å². The van der Waals surface area contributed by atoms with E-state index in [1.165, 1.54) is 23.9 Å². The average molecular weight is 403 g/mol. The van der Waals surface area contributed by atoms with Crippen molar-refractivity contribution in [3.63, 3.8) is 0 Å². The van der Waals surface area contributed by atoms with Gasteiger partial charge in [-0.15, -0.1) is 21.5 Å². The van der Waals surface area contributed by atoms with E-state index in [2.05, 4.69) is 20.1 Å². The van der Waals surface area contributed by atoms with Crippen LogP contribution in [-0.2, 0) is 11.2 Å². The number of nitrogens with zero attached hydrogens (tertiary/aromatic N) is 3. The summed E-state index contributed by atoms with van der Waals surface area (Å²) >= 11 is 3.07. The Labute approximate surface area is 165 Å². The highest BCUT2D eigenvalue weighted by Gasteiger charge is 2.30. The third-order valence-corrected chi connectivity index (χ3v) is 6.11. The molecule has 0 spiro atoms. The van der Waals surface area contributed by atoms with Crippen molar-refractivity contribution in [3.05, 3.63) is 53.2 Å². The van der Waals surface area contributed by atoms with Crippen molar-refractivity contribution in [1.82, 2.24) is 20.1 Å². The molecular formula is C19H19FN4OS2. The summed E-state index contributed by atoms with van der Waals surface area (Å²) in [5.41, 5.74) is 0.999. The van der Waals surface area contributed by atoms with Crippen molar-refractivity contribution in [3.8, 4) is 10.7 Å². The fourth-order valence-corrected chi connectivity index (χ4v) is 4.33. The van der Waals surface area contributed by atoms with E-state index in [0.29, 0.717) is 24.8 Å².